The van der Waals surface area contributed by atoms with Gasteiger partial charge in [-0.25, -0.2) is 0 Å². The molecule has 1 aliphatic rings. The Morgan fingerprint density at radius 1 is 1.42 bits per heavy atom. The van der Waals surface area contributed by atoms with Crippen molar-refractivity contribution in [2.45, 2.75) is 50.6 Å². The summed E-state index contributed by atoms with van der Waals surface area (Å²) in [5.74, 6) is 0.668. The van der Waals surface area contributed by atoms with Crippen LogP contribution in [0, 0.1) is 0 Å². The van der Waals surface area contributed by atoms with Gasteiger partial charge in [-0.05, 0) is 42.9 Å². The summed E-state index contributed by atoms with van der Waals surface area (Å²) in [6, 6.07) is 9.40. The van der Waals surface area contributed by atoms with E-state index in [-0.39, 0.29) is 0 Å². The van der Waals surface area contributed by atoms with Crippen molar-refractivity contribution in [3.63, 3.8) is 0 Å². The molecule has 1 fully saturated rings. The van der Waals surface area contributed by atoms with Crippen LogP contribution in [-0.2, 0) is 4.74 Å². The summed E-state index contributed by atoms with van der Waals surface area (Å²) < 4.78 is 5.27. The summed E-state index contributed by atoms with van der Waals surface area (Å²) in [5, 5.41) is 4.56. The van der Waals surface area contributed by atoms with Crippen LogP contribution in [0.25, 0.3) is 0 Å². The van der Waals surface area contributed by atoms with Gasteiger partial charge in [0.1, 0.15) is 0 Å². The third-order valence-electron chi connectivity index (χ3n) is 3.93. The van der Waals surface area contributed by atoms with Crippen molar-refractivity contribution >= 4 is 11.6 Å². The first kappa shape index (κ1) is 14.8. The number of halogens is 1. The van der Waals surface area contributed by atoms with Crippen molar-refractivity contribution < 1.29 is 4.74 Å². The SMILES string of the molecule is CCCC(COC)NC1CC(c2cccc(Cl)c2)C1. The van der Waals surface area contributed by atoms with E-state index in [1.807, 2.05) is 12.1 Å². The normalized spacial score (nSPS) is 23.9. The van der Waals surface area contributed by atoms with Crippen LogP contribution >= 0.6 is 11.6 Å². The zero-order valence-corrected chi connectivity index (χ0v) is 12.6. The lowest BCUT2D eigenvalue weighted by Gasteiger charge is -2.38. The van der Waals surface area contributed by atoms with E-state index < -0.39 is 0 Å². The number of hydrogen-bond acceptors (Lipinski definition) is 2. The molecule has 2 rings (SSSR count). The molecule has 3 heteroatoms. The molecule has 0 aromatic heterocycles. The second-order valence-corrected chi connectivity index (χ2v) is 5.96. The van der Waals surface area contributed by atoms with E-state index in [1.54, 1.807) is 7.11 Å². The minimum atomic E-state index is 0.500. The van der Waals surface area contributed by atoms with Crippen molar-refractivity contribution in [1.29, 1.82) is 0 Å². The van der Waals surface area contributed by atoms with Gasteiger partial charge in [0, 0.05) is 24.2 Å². The van der Waals surface area contributed by atoms with Crippen molar-refractivity contribution in [1.82, 2.24) is 5.32 Å². The molecule has 1 unspecified atom stereocenters. The summed E-state index contributed by atoms with van der Waals surface area (Å²) in [6.07, 6.45) is 4.81. The molecule has 1 aromatic rings. The Morgan fingerprint density at radius 2 is 2.21 bits per heavy atom. The lowest BCUT2D eigenvalue weighted by molar-refractivity contribution is 0.141. The maximum atomic E-state index is 6.04. The molecule has 1 saturated carbocycles. The molecule has 19 heavy (non-hydrogen) atoms. The molecule has 1 aromatic carbocycles. The van der Waals surface area contributed by atoms with E-state index in [9.17, 15) is 0 Å². The standard InChI is InChI=1S/C16H24ClNO/c1-3-5-15(11-19-2)18-16-9-13(10-16)12-6-4-7-14(17)8-12/h4,6-8,13,15-16,18H,3,5,9-11H2,1-2H3. The Hall–Kier alpha value is -0.570. The van der Waals surface area contributed by atoms with Crippen LogP contribution in [0.5, 0.6) is 0 Å². The highest BCUT2D eigenvalue weighted by molar-refractivity contribution is 6.30. The summed E-state index contributed by atoms with van der Waals surface area (Å²) in [6.45, 7) is 3.03. The molecule has 1 N–H and O–H groups in total. The minimum Gasteiger partial charge on any atom is -0.383 e. The third-order valence-corrected chi connectivity index (χ3v) is 4.17. The van der Waals surface area contributed by atoms with Gasteiger partial charge in [-0.2, -0.15) is 0 Å². The molecule has 0 amide bonds. The van der Waals surface area contributed by atoms with Gasteiger partial charge in [0.15, 0.2) is 0 Å². The average molecular weight is 282 g/mol. The molecular formula is C16H24ClNO. The van der Waals surface area contributed by atoms with Crippen molar-refractivity contribution in [2.24, 2.45) is 0 Å². The zero-order valence-electron chi connectivity index (χ0n) is 11.9. The van der Waals surface area contributed by atoms with Gasteiger partial charge < -0.3 is 10.1 Å². The Balaban J connectivity index is 1.79. The predicted octanol–water partition coefficient (Wildman–Crippen LogP) is 3.99. The number of hydrogen-bond donors (Lipinski definition) is 1. The van der Waals surface area contributed by atoms with Crippen LogP contribution in [0.3, 0.4) is 0 Å². The third kappa shape index (κ3) is 4.20. The van der Waals surface area contributed by atoms with Gasteiger partial charge in [-0.3, -0.25) is 0 Å². The monoisotopic (exact) mass is 281 g/mol. The topological polar surface area (TPSA) is 21.3 Å². The second kappa shape index (κ2) is 7.28. The van der Waals surface area contributed by atoms with Crippen LogP contribution in [0.15, 0.2) is 24.3 Å². The maximum absolute atomic E-state index is 6.04. The van der Waals surface area contributed by atoms with Gasteiger partial charge in [-0.1, -0.05) is 37.1 Å². The second-order valence-electron chi connectivity index (χ2n) is 5.53. The Morgan fingerprint density at radius 3 is 2.84 bits per heavy atom. The minimum absolute atomic E-state index is 0.500. The smallest absolute Gasteiger partial charge is 0.0615 e. The number of methoxy groups -OCH3 is 1. The highest BCUT2D eigenvalue weighted by Crippen LogP contribution is 2.37. The summed E-state index contributed by atoms with van der Waals surface area (Å²) in [7, 11) is 1.78. The Kier molecular flexibility index (Phi) is 5.68. The van der Waals surface area contributed by atoms with Crippen LogP contribution in [0.4, 0.5) is 0 Å². The molecular weight excluding hydrogens is 258 g/mol. The molecule has 0 radical (unpaired) electrons. The van der Waals surface area contributed by atoms with E-state index in [0.717, 1.165) is 11.6 Å². The number of nitrogens with one attached hydrogen (secondary N) is 1. The Bertz CT molecular complexity index is 384. The molecule has 0 heterocycles. The van der Waals surface area contributed by atoms with Gasteiger partial charge in [-0.15, -0.1) is 0 Å². The van der Waals surface area contributed by atoms with Crippen molar-refractivity contribution in [2.75, 3.05) is 13.7 Å². The fraction of sp³-hybridized carbons (Fsp3) is 0.625. The first-order valence-electron chi connectivity index (χ1n) is 7.23. The predicted molar refractivity (Wildman–Crippen MR) is 80.9 cm³/mol. The summed E-state index contributed by atoms with van der Waals surface area (Å²) in [4.78, 5) is 0. The lowest BCUT2D eigenvalue weighted by Crippen LogP contribution is -2.47. The summed E-state index contributed by atoms with van der Waals surface area (Å²) in [5.41, 5.74) is 1.38. The molecule has 2 nitrogen and oxygen atoms in total. The van der Waals surface area contributed by atoms with Crippen molar-refractivity contribution in [3.8, 4) is 0 Å². The fourth-order valence-electron chi connectivity index (χ4n) is 2.88. The van der Waals surface area contributed by atoms with Gasteiger partial charge >= 0.3 is 0 Å². The van der Waals surface area contributed by atoms with E-state index in [2.05, 4.69) is 24.4 Å². The van der Waals surface area contributed by atoms with Gasteiger partial charge in [0.25, 0.3) is 0 Å². The number of rotatable bonds is 7. The summed E-state index contributed by atoms with van der Waals surface area (Å²) >= 11 is 6.04. The molecule has 0 aliphatic heterocycles. The zero-order chi connectivity index (χ0) is 13.7. The van der Waals surface area contributed by atoms with Crippen LogP contribution in [-0.4, -0.2) is 25.8 Å². The van der Waals surface area contributed by atoms with Gasteiger partial charge in [0.2, 0.25) is 0 Å². The first-order chi connectivity index (χ1) is 9.22. The number of benzene rings is 1. The van der Waals surface area contributed by atoms with Gasteiger partial charge in [0.05, 0.1) is 6.61 Å². The fourth-order valence-corrected chi connectivity index (χ4v) is 3.08. The molecule has 106 valence electrons. The molecule has 0 saturated heterocycles. The lowest BCUT2D eigenvalue weighted by atomic mass is 9.75. The highest BCUT2D eigenvalue weighted by Gasteiger charge is 2.31. The molecule has 1 atom stereocenters. The van der Waals surface area contributed by atoms with Crippen LogP contribution < -0.4 is 5.32 Å². The van der Waals surface area contributed by atoms with Crippen LogP contribution in [0.2, 0.25) is 5.02 Å². The van der Waals surface area contributed by atoms with E-state index in [1.165, 1.54) is 31.2 Å². The largest absolute Gasteiger partial charge is 0.383 e. The average Bonchev–Trinajstić information content (AvgIpc) is 2.33. The highest BCUT2D eigenvalue weighted by atomic mass is 35.5. The maximum Gasteiger partial charge on any atom is 0.0615 e. The van der Waals surface area contributed by atoms with E-state index >= 15 is 0 Å². The van der Waals surface area contributed by atoms with E-state index in [4.69, 9.17) is 16.3 Å². The molecule has 0 spiro atoms. The molecule has 0 bridgehead atoms. The quantitative estimate of drug-likeness (QED) is 0.816. The molecule has 1 aliphatic carbocycles. The first-order valence-corrected chi connectivity index (χ1v) is 7.61. The van der Waals surface area contributed by atoms with Crippen LogP contribution in [0.1, 0.15) is 44.1 Å². The van der Waals surface area contributed by atoms with E-state index in [0.29, 0.717) is 18.0 Å². The number of ether oxygens (including phenoxy) is 1. The Labute approximate surface area is 121 Å². The van der Waals surface area contributed by atoms with Crippen molar-refractivity contribution in [3.05, 3.63) is 34.9 Å².